The highest BCUT2D eigenvalue weighted by Crippen LogP contribution is 2.70. The van der Waals surface area contributed by atoms with E-state index in [4.69, 9.17) is 23.7 Å². The normalized spacial score (nSPS) is 55.0. The van der Waals surface area contributed by atoms with Crippen molar-refractivity contribution in [2.24, 2.45) is 28.6 Å². The van der Waals surface area contributed by atoms with Gasteiger partial charge in [-0.3, -0.25) is 0 Å². The number of ether oxygens (including phenoxy) is 5. The van der Waals surface area contributed by atoms with Gasteiger partial charge >= 0.3 is 5.97 Å². The van der Waals surface area contributed by atoms with Gasteiger partial charge in [-0.1, -0.05) is 6.92 Å². The Bertz CT molecular complexity index is 1340. The summed E-state index contributed by atoms with van der Waals surface area (Å²) in [6, 6.07) is 0. The number of esters is 1. The Morgan fingerprint density at radius 2 is 1.56 bits per heavy atom. The van der Waals surface area contributed by atoms with Crippen LogP contribution in [-0.2, 0) is 33.3 Å². The van der Waals surface area contributed by atoms with E-state index in [0.29, 0.717) is 38.5 Å². The highest BCUT2D eigenvalue weighted by Gasteiger charge is 2.71. The molecule has 0 radical (unpaired) electrons. The summed E-state index contributed by atoms with van der Waals surface area (Å²) in [5.41, 5.74) is -3.20. The first-order valence-corrected chi connectivity index (χ1v) is 18.0. The van der Waals surface area contributed by atoms with E-state index in [9.17, 15) is 50.4 Å². The van der Waals surface area contributed by atoms with E-state index in [1.54, 1.807) is 13.0 Å². The van der Waals surface area contributed by atoms with Crippen LogP contribution < -0.4 is 0 Å². The number of aliphatic hydroxyl groups excluding tert-OH is 6. The summed E-state index contributed by atoms with van der Waals surface area (Å²) in [6.45, 7) is 3.22. The van der Waals surface area contributed by atoms with Crippen LogP contribution in [0, 0.1) is 28.6 Å². The molecule has 3 aliphatic heterocycles. The monoisotopic (exact) mass is 712 g/mol. The highest BCUT2D eigenvalue weighted by atomic mass is 16.7. The number of rotatable bonds is 7. The van der Waals surface area contributed by atoms with Crippen molar-refractivity contribution in [1.29, 1.82) is 0 Å². The molecule has 7 rings (SSSR count). The predicted octanol–water partition coefficient (Wildman–Crippen LogP) is -1.43. The molecule has 0 aromatic rings. The number of hydrogen-bond donors (Lipinski definition) is 8. The third kappa shape index (κ3) is 5.37. The summed E-state index contributed by atoms with van der Waals surface area (Å²) < 4.78 is 28.4. The van der Waals surface area contributed by atoms with Gasteiger partial charge in [-0.05, 0) is 81.6 Å². The first kappa shape index (κ1) is 36.7. The lowest BCUT2D eigenvalue weighted by Gasteiger charge is -2.65. The number of hydrogen-bond acceptors (Lipinski definition) is 15. The standard InChI is InChI=1S/C35H52O15/c1-16-29(50-31-27(42)25(40)24(39)22(13-36)49-31)26(41)28(43)30(47-16)48-18-3-8-33(15-37)20-4-7-32(2)19(17-11-23(38)46-14-17)6-10-35(32,45)21(20)5-9-34(33,44)12-18/h11,15-16,18-22,24-31,36,39-45H,3-10,12-14H2,1-2H3. The molecular formula is C35H52O15. The van der Waals surface area contributed by atoms with Gasteiger partial charge < -0.3 is 69.3 Å². The lowest BCUT2D eigenvalue weighted by molar-refractivity contribution is -0.361. The quantitative estimate of drug-likeness (QED) is 0.0858. The predicted molar refractivity (Wildman–Crippen MR) is 167 cm³/mol. The third-order valence-electron chi connectivity index (χ3n) is 14.1. The molecule has 0 bridgehead atoms. The first-order chi connectivity index (χ1) is 23.6. The fourth-order valence-corrected chi connectivity index (χ4v) is 11.3. The van der Waals surface area contributed by atoms with Gasteiger partial charge in [0.1, 0.15) is 55.6 Å². The lowest BCUT2D eigenvalue weighted by atomic mass is 9.41. The molecule has 0 amide bonds. The van der Waals surface area contributed by atoms with Crippen molar-refractivity contribution in [3.05, 3.63) is 11.6 Å². The van der Waals surface area contributed by atoms with E-state index in [2.05, 4.69) is 6.92 Å². The Morgan fingerprint density at radius 3 is 2.24 bits per heavy atom. The van der Waals surface area contributed by atoms with Gasteiger partial charge in [0.05, 0.1) is 35.4 Å². The molecule has 18 unspecified atom stereocenters. The topological polar surface area (TPSA) is 242 Å². The summed E-state index contributed by atoms with van der Waals surface area (Å²) in [4.78, 5) is 25.1. The summed E-state index contributed by atoms with van der Waals surface area (Å²) in [7, 11) is 0. The van der Waals surface area contributed by atoms with Gasteiger partial charge in [-0.25, -0.2) is 4.79 Å². The van der Waals surface area contributed by atoms with E-state index in [0.717, 1.165) is 18.3 Å². The maximum absolute atomic E-state index is 13.2. The Labute approximate surface area is 290 Å². The Kier molecular flexibility index (Phi) is 9.60. The van der Waals surface area contributed by atoms with Crippen LogP contribution in [0.5, 0.6) is 0 Å². The third-order valence-corrected chi connectivity index (χ3v) is 14.1. The smallest absolute Gasteiger partial charge is 0.331 e. The molecule has 6 fully saturated rings. The molecule has 0 aromatic carbocycles. The summed E-state index contributed by atoms with van der Waals surface area (Å²) in [5.74, 6) is -0.830. The van der Waals surface area contributed by atoms with E-state index < -0.39 is 96.2 Å². The van der Waals surface area contributed by atoms with Crippen LogP contribution in [0.25, 0.3) is 0 Å². The van der Waals surface area contributed by atoms with Gasteiger partial charge in [0.15, 0.2) is 12.6 Å². The summed E-state index contributed by atoms with van der Waals surface area (Å²) >= 11 is 0. The van der Waals surface area contributed by atoms with Crippen molar-refractivity contribution < 1.29 is 74.1 Å². The Morgan fingerprint density at radius 1 is 0.860 bits per heavy atom. The minimum absolute atomic E-state index is 0.00102. The number of cyclic esters (lactones) is 1. The number of carbonyl (C=O) groups is 2. The maximum Gasteiger partial charge on any atom is 0.331 e. The summed E-state index contributed by atoms with van der Waals surface area (Å²) in [5, 5.41) is 87.0. The molecule has 0 aromatic heterocycles. The molecule has 0 spiro atoms. The van der Waals surface area contributed by atoms with E-state index >= 15 is 0 Å². The maximum atomic E-state index is 13.2. The number of carbonyl (C=O) groups excluding carboxylic acids is 2. The second-order valence-corrected chi connectivity index (χ2v) is 16.2. The lowest BCUT2D eigenvalue weighted by Crippen LogP contribution is -2.69. The second kappa shape index (κ2) is 13.1. The molecule has 15 heteroatoms. The van der Waals surface area contributed by atoms with Crippen LogP contribution in [0.4, 0.5) is 0 Å². The minimum Gasteiger partial charge on any atom is -0.458 e. The van der Waals surface area contributed by atoms with Crippen LogP contribution in [0.1, 0.15) is 71.6 Å². The molecule has 4 saturated carbocycles. The Balaban J connectivity index is 1.02. The molecule has 15 nitrogen and oxygen atoms in total. The first-order valence-electron chi connectivity index (χ1n) is 18.0. The molecule has 8 N–H and O–H groups in total. The summed E-state index contributed by atoms with van der Waals surface area (Å²) in [6.07, 6.45) is -8.63. The number of aldehydes is 1. The second-order valence-electron chi connectivity index (χ2n) is 16.2. The van der Waals surface area contributed by atoms with Crippen LogP contribution in [-0.4, -0.2) is 145 Å². The van der Waals surface area contributed by atoms with Crippen LogP contribution in [0.15, 0.2) is 11.6 Å². The Hall–Kier alpha value is -1.60. The molecule has 50 heavy (non-hydrogen) atoms. The fourth-order valence-electron chi connectivity index (χ4n) is 11.3. The average Bonchev–Trinajstić information content (AvgIpc) is 3.64. The van der Waals surface area contributed by atoms with Crippen molar-refractivity contribution in [1.82, 2.24) is 0 Å². The van der Waals surface area contributed by atoms with E-state index in [1.165, 1.54) is 0 Å². The molecule has 7 aliphatic rings. The number of fused-ring (bicyclic) bond motifs is 5. The largest absolute Gasteiger partial charge is 0.458 e. The van der Waals surface area contributed by atoms with Gasteiger partial charge in [0.25, 0.3) is 0 Å². The molecule has 282 valence electrons. The number of aliphatic hydroxyl groups is 8. The van der Waals surface area contributed by atoms with Crippen LogP contribution >= 0.6 is 0 Å². The SMILES string of the molecule is CC1OC(OC2CCC3(C=O)C4CCC5(C)C(C6=CC(=O)OC6)CCC5(O)C4CCC3(O)C2)C(O)C(O)C1OC1OC(CO)C(O)C(O)C1O. The molecule has 3 heterocycles. The van der Waals surface area contributed by atoms with Crippen molar-refractivity contribution in [3.8, 4) is 0 Å². The van der Waals surface area contributed by atoms with Gasteiger partial charge in [-0.2, -0.15) is 0 Å². The van der Waals surface area contributed by atoms with E-state index in [-0.39, 0.29) is 43.2 Å². The molecule has 18 atom stereocenters. The van der Waals surface area contributed by atoms with Crippen LogP contribution in [0.2, 0.25) is 0 Å². The fraction of sp³-hybridized carbons (Fsp3) is 0.886. The molecule has 2 saturated heterocycles. The van der Waals surface area contributed by atoms with Crippen LogP contribution in [0.3, 0.4) is 0 Å². The highest BCUT2D eigenvalue weighted by molar-refractivity contribution is 5.85. The molecule has 4 aliphatic carbocycles. The van der Waals surface area contributed by atoms with Crippen molar-refractivity contribution >= 4 is 12.3 Å². The zero-order valence-electron chi connectivity index (χ0n) is 28.5. The van der Waals surface area contributed by atoms with Crippen molar-refractivity contribution in [2.45, 2.75) is 150 Å². The minimum atomic E-state index is -1.71. The average molecular weight is 713 g/mol. The zero-order valence-corrected chi connectivity index (χ0v) is 28.5. The zero-order chi connectivity index (χ0) is 36.0. The van der Waals surface area contributed by atoms with Gasteiger partial charge in [0.2, 0.25) is 0 Å². The van der Waals surface area contributed by atoms with Gasteiger partial charge in [0, 0.05) is 17.9 Å². The van der Waals surface area contributed by atoms with Crippen molar-refractivity contribution in [3.63, 3.8) is 0 Å². The molecular weight excluding hydrogens is 660 g/mol. The van der Waals surface area contributed by atoms with Gasteiger partial charge in [-0.15, -0.1) is 0 Å². The van der Waals surface area contributed by atoms with Crippen molar-refractivity contribution in [2.75, 3.05) is 13.2 Å². The van der Waals surface area contributed by atoms with E-state index in [1.807, 2.05) is 0 Å².